The van der Waals surface area contributed by atoms with Gasteiger partial charge in [-0.15, -0.1) is 0 Å². The number of hydrogen-bond acceptors (Lipinski definition) is 4. The third-order valence-electron chi connectivity index (χ3n) is 4.55. The summed E-state index contributed by atoms with van der Waals surface area (Å²) in [6.07, 6.45) is 0.658. The molecule has 0 aliphatic carbocycles. The van der Waals surface area contributed by atoms with Gasteiger partial charge in [0.25, 0.3) is 5.91 Å². The lowest BCUT2D eigenvalue weighted by molar-refractivity contribution is 0.102. The Morgan fingerprint density at radius 2 is 1.81 bits per heavy atom. The molecule has 0 saturated carbocycles. The van der Waals surface area contributed by atoms with E-state index in [2.05, 4.69) is 10.2 Å². The Bertz CT molecular complexity index is 880. The van der Waals surface area contributed by atoms with Gasteiger partial charge in [0.15, 0.2) is 9.84 Å². The molecule has 1 aliphatic rings. The first-order chi connectivity index (χ1) is 12.4. The lowest BCUT2D eigenvalue weighted by Crippen LogP contribution is -2.36. The van der Waals surface area contributed by atoms with Crippen LogP contribution in [0.2, 0.25) is 5.02 Å². The fourth-order valence-corrected chi connectivity index (χ4v) is 5.07. The van der Waals surface area contributed by atoms with Crippen molar-refractivity contribution in [3.05, 3.63) is 59.1 Å². The van der Waals surface area contributed by atoms with Crippen molar-refractivity contribution in [2.45, 2.75) is 19.4 Å². The van der Waals surface area contributed by atoms with Crippen LogP contribution in [0.4, 0.5) is 11.4 Å². The molecule has 0 spiro atoms. The van der Waals surface area contributed by atoms with Crippen molar-refractivity contribution < 1.29 is 13.2 Å². The molecule has 2 aromatic carbocycles. The second-order valence-electron chi connectivity index (χ2n) is 6.35. The summed E-state index contributed by atoms with van der Waals surface area (Å²) in [5, 5.41) is 3.43. The van der Waals surface area contributed by atoms with E-state index < -0.39 is 9.84 Å². The van der Waals surface area contributed by atoms with Crippen LogP contribution in [0.1, 0.15) is 23.7 Å². The fourth-order valence-electron chi connectivity index (χ4n) is 3.21. The molecule has 3 rings (SSSR count). The van der Waals surface area contributed by atoms with Gasteiger partial charge in [0.05, 0.1) is 11.5 Å². The summed E-state index contributed by atoms with van der Waals surface area (Å²) in [5.74, 6) is 0.253. The average Bonchev–Trinajstić information content (AvgIpc) is 2.97. The molecule has 0 aromatic heterocycles. The summed E-state index contributed by atoms with van der Waals surface area (Å²) in [6.45, 7) is 2.75. The third-order valence-corrected chi connectivity index (χ3v) is 6.56. The molecule has 5 nitrogen and oxygen atoms in total. The highest BCUT2D eigenvalue weighted by Gasteiger charge is 2.31. The molecule has 0 radical (unpaired) electrons. The monoisotopic (exact) mass is 392 g/mol. The summed E-state index contributed by atoms with van der Waals surface area (Å²) in [6, 6.07) is 14.2. The SMILES string of the molecule is CCN(c1ccc(NC(=O)c2ccc(Cl)cc2)cc1)C1CCS(=O)(=O)C1. The first-order valence-corrected chi connectivity index (χ1v) is 10.7. The molecule has 1 saturated heterocycles. The van der Waals surface area contributed by atoms with E-state index in [0.717, 1.165) is 12.2 Å². The second kappa shape index (κ2) is 7.68. The lowest BCUT2D eigenvalue weighted by atomic mass is 10.1. The molecule has 1 amide bonds. The summed E-state index contributed by atoms with van der Waals surface area (Å²) < 4.78 is 23.5. The molecule has 2 aromatic rings. The van der Waals surface area contributed by atoms with Gasteiger partial charge in [-0.2, -0.15) is 0 Å². The van der Waals surface area contributed by atoms with Gasteiger partial charge < -0.3 is 10.2 Å². The van der Waals surface area contributed by atoms with E-state index in [0.29, 0.717) is 22.7 Å². The molecule has 26 heavy (non-hydrogen) atoms. The number of rotatable bonds is 5. The van der Waals surface area contributed by atoms with Gasteiger partial charge in [-0.25, -0.2) is 8.42 Å². The predicted molar refractivity (Wildman–Crippen MR) is 106 cm³/mol. The summed E-state index contributed by atoms with van der Waals surface area (Å²) in [7, 11) is -2.92. The highest BCUT2D eigenvalue weighted by molar-refractivity contribution is 7.91. The minimum absolute atomic E-state index is 0.0134. The molecule has 1 N–H and O–H groups in total. The van der Waals surface area contributed by atoms with Gasteiger partial charge in [0, 0.05) is 34.5 Å². The van der Waals surface area contributed by atoms with Crippen LogP contribution in [0.15, 0.2) is 48.5 Å². The van der Waals surface area contributed by atoms with Crippen LogP contribution in [0.5, 0.6) is 0 Å². The number of anilines is 2. The van der Waals surface area contributed by atoms with Crippen LogP contribution in [0, 0.1) is 0 Å². The van der Waals surface area contributed by atoms with E-state index in [-0.39, 0.29) is 23.5 Å². The maximum Gasteiger partial charge on any atom is 0.255 e. The van der Waals surface area contributed by atoms with Gasteiger partial charge in [0.2, 0.25) is 0 Å². The molecular weight excluding hydrogens is 372 g/mol. The Morgan fingerprint density at radius 3 is 2.35 bits per heavy atom. The van der Waals surface area contributed by atoms with E-state index >= 15 is 0 Å². The Morgan fingerprint density at radius 1 is 1.15 bits per heavy atom. The largest absolute Gasteiger partial charge is 0.368 e. The zero-order valence-corrected chi connectivity index (χ0v) is 16.1. The summed E-state index contributed by atoms with van der Waals surface area (Å²) in [5.41, 5.74) is 2.17. The Labute approximate surface area is 158 Å². The first-order valence-electron chi connectivity index (χ1n) is 8.52. The van der Waals surface area contributed by atoms with Crippen LogP contribution < -0.4 is 10.2 Å². The molecule has 7 heteroatoms. The van der Waals surface area contributed by atoms with Crippen molar-refractivity contribution in [2.75, 3.05) is 28.3 Å². The van der Waals surface area contributed by atoms with Gasteiger partial charge in [0.1, 0.15) is 0 Å². The topological polar surface area (TPSA) is 66.5 Å². The smallest absolute Gasteiger partial charge is 0.255 e. The maximum absolute atomic E-state index is 12.2. The predicted octanol–water partition coefficient (Wildman–Crippen LogP) is 3.61. The zero-order valence-electron chi connectivity index (χ0n) is 14.5. The van der Waals surface area contributed by atoms with Gasteiger partial charge >= 0.3 is 0 Å². The molecule has 1 unspecified atom stereocenters. The van der Waals surface area contributed by atoms with Gasteiger partial charge in [-0.3, -0.25) is 4.79 Å². The molecule has 138 valence electrons. The molecule has 0 bridgehead atoms. The average molecular weight is 393 g/mol. The molecule has 1 fully saturated rings. The minimum atomic E-state index is -2.92. The van der Waals surface area contributed by atoms with E-state index in [4.69, 9.17) is 11.6 Å². The number of nitrogens with zero attached hydrogens (tertiary/aromatic N) is 1. The van der Waals surface area contributed by atoms with Crippen LogP contribution in [-0.4, -0.2) is 38.4 Å². The van der Waals surface area contributed by atoms with Crippen LogP contribution >= 0.6 is 11.6 Å². The van der Waals surface area contributed by atoms with Crippen molar-refractivity contribution in [1.29, 1.82) is 0 Å². The quantitative estimate of drug-likeness (QED) is 0.844. The lowest BCUT2D eigenvalue weighted by Gasteiger charge is -2.29. The third kappa shape index (κ3) is 4.37. The molecule has 1 atom stereocenters. The number of hydrogen-bond donors (Lipinski definition) is 1. The van der Waals surface area contributed by atoms with Crippen molar-refractivity contribution >= 4 is 38.7 Å². The van der Waals surface area contributed by atoms with E-state index in [1.807, 2.05) is 31.2 Å². The van der Waals surface area contributed by atoms with Gasteiger partial charge in [-0.05, 0) is 61.9 Å². The van der Waals surface area contributed by atoms with Crippen LogP contribution in [0.25, 0.3) is 0 Å². The summed E-state index contributed by atoms with van der Waals surface area (Å²) >= 11 is 5.83. The summed E-state index contributed by atoms with van der Waals surface area (Å²) in [4.78, 5) is 14.4. The number of nitrogens with one attached hydrogen (secondary N) is 1. The second-order valence-corrected chi connectivity index (χ2v) is 9.02. The number of sulfone groups is 1. The molecular formula is C19H21ClN2O3S. The Kier molecular flexibility index (Phi) is 5.53. The van der Waals surface area contributed by atoms with E-state index in [1.54, 1.807) is 24.3 Å². The standard InChI is InChI=1S/C19H21ClN2O3S/c1-2-22(18-11-12-26(24,25)13-18)17-9-7-16(8-10-17)21-19(23)14-3-5-15(20)6-4-14/h3-10,18H,2,11-13H2,1H3,(H,21,23). The minimum Gasteiger partial charge on any atom is -0.368 e. The zero-order chi connectivity index (χ0) is 18.7. The fraction of sp³-hybridized carbons (Fsp3) is 0.316. The highest BCUT2D eigenvalue weighted by atomic mass is 35.5. The highest BCUT2D eigenvalue weighted by Crippen LogP contribution is 2.25. The van der Waals surface area contributed by atoms with Crippen molar-refractivity contribution in [3.8, 4) is 0 Å². The molecule has 1 aliphatic heterocycles. The number of carbonyl (C=O) groups excluding carboxylic acids is 1. The van der Waals surface area contributed by atoms with Crippen LogP contribution in [-0.2, 0) is 9.84 Å². The van der Waals surface area contributed by atoms with Crippen molar-refractivity contribution in [3.63, 3.8) is 0 Å². The van der Waals surface area contributed by atoms with Crippen molar-refractivity contribution in [2.24, 2.45) is 0 Å². The number of amides is 1. The van der Waals surface area contributed by atoms with Crippen LogP contribution in [0.3, 0.4) is 0 Å². The van der Waals surface area contributed by atoms with Gasteiger partial charge in [-0.1, -0.05) is 11.6 Å². The number of carbonyl (C=O) groups is 1. The number of halogens is 1. The van der Waals surface area contributed by atoms with E-state index in [1.165, 1.54) is 0 Å². The normalized spacial score (nSPS) is 18.5. The first kappa shape index (κ1) is 18.7. The Balaban J connectivity index is 1.69. The Hall–Kier alpha value is -2.05. The maximum atomic E-state index is 12.2. The number of benzene rings is 2. The van der Waals surface area contributed by atoms with E-state index in [9.17, 15) is 13.2 Å². The molecule has 1 heterocycles. The van der Waals surface area contributed by atoms with Crippen molar-refractivity contribution in [1.82, 2.24) is 0 Å².